The number of benzene rings is 2. The van der Waals surface area contributed by atoms with E-state index < -0.39 is 0 Å². The van der Waals surface area contributed by atoms with Crippen molar-refractivity contribution in [2.45, 2.75) is 77.7 Å². The minimum Gasteiger partial charge on any atom is -0.375 e. The molecule has 2 aromatic carbocycles. The molecule has 2 N–H and O–H groups in total. The monoisotopic (exact) mass is 736 g/mol. The Kier molecular flexibility index (Phi) is 12.0. The van der Waals surface area contributed by atoms with Crippen LogP contribution in [0.5, 0.6) is 0 Å². The third-order valence-corrected chi connectivity index (χ3v) is 11.0. The zero-order valence-electron chi connectivity index (χ0n) is 32.2. The molecule has 0 spiro atoms. The van der Waals surface area contributed by atoms with Crippen LogP contribution in [-0.4, -0.2) is 96.7 Å². The largest absolute Gasteiger partial charge is 0.375 e. The Morgan fingerprint density at radius 1 is 0.611 bits per heavy atom. The molecule has 12 nitrogen and oxygen atoms in total. The second-order valence-electron chi connectivity index (χ2n) is 15.8. The maximum atomic E-state index is 12.4. The molecule has 54 heavy (non-hydrogen) atoms. The van der Waals surface area contributed by atoms with E-state index in [1.165, 1.54) is 11.1 Å². The van der Waals surface area contributed by atoms with Gasteiger partial charge >= 0.3 is 0 Å². The van der Waals surface area contributed by atoms with E-state index in [-0.39, 0.29) is 23.3 Å². The van der Waals surface area contributed by atoms with Gasteiger partial charge in [0, 0.05) is 63.5 Å². The summed E-state index contributed by atoms with van der Waals surface area (Å²) < 4.78 is 11.2. The number of aromatic amines is 2. The van der Waals surface area contributed by atoms with Crippen LogP contribution >= 0.6 is 0 Å². The van der Waals surface area contributed by atoms with E-state index in [1.54, 1.807) is 12.1 Å². The second kappa shape index (κ2) is 17.2. The highest BCUT2D eigenvalue weighted by Crippen LogP contribution is 2.31. The van der Waals surface area contributed by atoms with Crippen molar-refractivity contribution < 1.29 is 9.47 Å². The molecule has 2 aromatic heterocycles. The molecule has 4 aliphatic rings. The zero-order valence-corrected chi connectivity index (χ0v) is 32.2. The first-order valence-corrected chi connectivity index (χ1v) is 19.7. The molecular formula is C42H56N8O4. The van der Waals surface area contributed by atoms with Crippen LogP contribution in [0.25, 0.3) is 0 Å². The first kappa shape index (κ1) is 37.6. The Labute approximate surface area is 318 Å². The van der Waals surface area contributed by atoms with Crippen LogP contribution in [0.4, 0.5) is 23.5 Å². The van der Waals surface area contributed by atoms with Crippen LogP contribution in [0.15, 0.2) is 82.4 Å². The van der Waals surface area contributed by atoms with Crippen molar-refractivity contribution in [2.75, 3.05) is 72.1 Å². The van der Waals surface area contributed by atoms with Gasteiger partial charge in [-0.2, -0.15) is 9.97 Å². The summed E-state index contributed by atoms with van der Waals surface area (Å²) in [6, 6.07) is 25.0. The molecule has 288 valence electrons. The van der Waals surface area contributed by atoms with Gasteiger partial charge in [0.05, 0.1) is 25.4 Å². The van der Waals surface area contributed by atoms with Gasteiger partial charge in [-0.15, -0.1) is 0 Å². The molecule has 0 amide bonds. The summed E-state index contributed by atoms with van der Waals surface area (Å²) in [5, 5.41) is 0. The Hall–Kier alpha value is -4.68. The molecule has 6 heterocycles. The van der Waals surface area contributed by atoms with Crippen LogP contribution in [0.3, 0.4) is 0 Å². The van der Waals surface area contributed by atoms with Crippen molar-refractivity contribution in [1.29, 1.82) is 0 Å². The predicted octanol–water partition coefficient (Wildman–Crippen LogP) is 4.91. The third-order valence-electron chi connectivity index (χ3n) is 11.0. The van der Waals surface area contributed by atoms with Crippen LogP contribution in [0.2, 0.25) is 0 Å². The Bertz CT molecular complexity index is 1780. The predicted molar refractivity (Wildman–Crippen MR) is 215 cm³/mol. The Balaban J connectivity index is 0.000000167. The number of anilines is 4. The fraction of sp³-hybridized carbons (Fsp3) is 0.524. The van der Waals surface area contributed by atoms with Crippen molar-refractivity contribution in [1.82, 2.24) is 19.9 Å². The average molecular weight is 737 g/mol. The van der Waals surface area contributed by atoms with E-state index in [9.17, 15) is 9.59 Å². The molecule has 4 fully saturated rings. The number of ether oxygens (including phenoxy) is 2. The fourth-order valence-corrected chi connectivity index (χ4v) is 8.49. The summed E-state index contributed by atoms with van der Waals surface area (Å²) in [4.78, 5) is 49.2. The summed E-state index contributed by atoms with van der Waals surface area (Å²) >= 11 is 0. The van der Waals surface area contributed by atoms with Gasteiger partial charge in [-0.3, -0.25) is 19.6 Å². The van der Waals surface area contributed by atoms with Crippen molar-refractivity contribution in [3.63, 3.8) is 0 Å². The molecule has 0 saturated carbocycles. The fourth-order valence-electron chi connectivity index (χ4n) is 8.49. The lowest BCUT2D eigenvalue weighted by molar-refractivity contribution is 0.0527. The van der Waals surface area contributed by atoms with Gasteiger partial charge in [-0.05, 0) is 62.5 Å². The molecule has 4 saturated heterocycles. The third kappa shape index (κ3) is 9.51. The summed E-state index contributed by atoms with van der Waals surface area (Å²) in [6.45, 7) is 14.9. The molecule has 8 rings (SSSR count). The minimum absolute atomic E-state index is 0.0906. The number of nitrogens with one attached hydrogen (secondary N) is 2. The van der Waals surface area contributed by atoms with Gasteiger partial charge in [0.25, 0.3) is 11.1 Å². The van der Waals surface area contributed by atoms with Crippen LogP contribution in [0.1, 0.15) is 51.7 Å². The van der Waals surface area contributed by atoms with Crippen molar-refractivity contribution in [3.05, 3.63) is 105 Å². The highest BCUT2D eigenvalue weighted by Gasteiger charge is 2.33. The SMILES string of the molecule is C[C@@H]1C[C@H](Cc2ccccc2)N(c2nc(N3CCO[C@H](C)C3)cc(=O)[nH]2)C1.C[C@H]1C[C@H](Cc2ccccc2)N(c2nc(N3CCO[C@H](C)C3)cc(=O)[nH]2)C1. The number of rotatable bonds is 8. The normalized spacial score (nSPS) is 25.8. The molecule has 4 aromatic rings. The van der Waals surface area contributed by atoms with Gasteiger partial charge < -0.3 is 29.1 Å². The van der Waals surface area contributed by atoms with Gasteiger partial charge in [0.15, 0.2) is 0 Å². The lowest BCUT2D eigenvalue weighted by Gasteiger charge is -2.33. The second-order valence-corrected chi connectivity index (χ2v) is 15.8. The maximum Gasteiger partial charge on any atom is 0.254 e. The first-order valence-electron chi connectivity index (χ1n) is 19.7. The number of nitrogens with zero attached hydrogens (tertiary/aromatic N) is 6. The number of morpholine rings is 2. The van der Waals surface area contributed by atoms with Gasteiger partial charge in [-0.1, -0.05) is 74.5 Å². The van der Waals surface area contributed by atoms with E-state index in [2.05, 4.69) is 106 Å². The van der Waals surface area contributed by atoms with E-state index in [0.717, 1.165) is 76.6 Å². The highest BCUT2D eigenvalue weighted by molar-refractivity contribution is 5.47. The highest BCUT2D eigenvalue weighted by atomic mass is 16.5. The van der Waals surface area contributed by atoms with Crippen molar-refractivity contribution in [2.24, 2.45) is 11.8 Å². The minimum atomic E-state index is -0.0906. The average Bonchev–Trinajstić information content (AvgIpc) is 3.72. The lowest BCUT2D eigenvalue weighted by Crippen LogP contribution is -2.42. The van der Waals surface area contributed by atoms with E-state index in [0.29, 0.717) is 49.0 Å². The van der Waals surface area contributed by atoms with Gasteiger partial charge in [0.2, 0.25) is 11.9 Å². The number of aromatic nitrogens is 4. The summed E-state index contributed by atoms with van der Waals surface area (Å²) in [7, 11) is 0. The molecule has 0 aliphatic carbocycles. The van der Waals surface area contributed by atoms with Crippen LogP contribution in [-0.2, 0) is 22.3 Å². The van der Waals surface area contributed by atoms with Gasteiger partial charge in [-0.25, -0.2) is 0 Å². The molecule has 12 heteroatoms. The Morgan fingerprint density at radius 2 is 1.02 bits per heavy atom. The van der Waals surface area contributed by atoms with E-state index >= 15 is 0 Å². The van der Waals surface area contributed by atoms with Gasteiger partial charge in [0.1, 0.15) is 11.6 Å². The summed E-state index contributed by atoms with van der Waals surface area (Å²) in [6.07, 6.45) is 4.46. The van der Waals surface area contributed by atoms with Crippen molar-refractivity contribution in [3.8, 4) is 0 Å². The maximum absolute atomic E-state index is 12.4. The molecular weight excluding hydrogens is 681 g/mol. The first-order chi connectivity index (χ1) is 26.2. The quantitative estimate of drug-likeness (QED) is 0.258. The molecule has 4 aliphatic heterocycles. The lowest BCUT2D eigenvalue weighted by atomic mass is 10.0. The van der Waals surface area contributed by atoms with Crippen LogP contribution in [0, 0.1) is 11.8 Å². The Morgan fingerprint density at radius 3 is 1.41 bits per heavy atom. The van der Waals surface area contributed by atoms with Crippen molar-refractivity contribution >= 4 is 23.5 Å². The number of H-pyrrole nitrogens is 2. The number of hydrogen-bond acceptors (Lipinski definition) is 10. The summed E-state index contributed by atoms with van der Waals surface area (Å²) in [5.74, 6) is 4.06. The number of hydrogen-bond donors (Lipinski definition) is 2. The topological polar surface area (TPSA) is 123 Å². The zero-order chi connectivity index (χ0) is 37.6. The molecule has 0 bridgehead atoms. The molecule has 6 atom stereocenters. The molecule has 0 unspecified atom stereocenters. The van der Waals surface area contributed by atoms with Crippen LogP contribution < -0.4 is 30.7 Å². The molecule has 0 radical (unpaired) electrons. The summed E-state index contributed by atoms with van der Waals surface area (Å²) in [5.41, 5.74) is 2.46. The smallest absolute Gasteiger partial charge is 0.254 e. The van der Waals surface area contributed by atoms with E-state index in [4.69, 9.17) is 19.4 Å². The standard InChI is InChI=1S/2C21H28N4O2/c2*1-15-10-18(11-17-6-4-3-5-7-17)25(13-15)21-22-19(12-20(26)23-21)24-8-9-27-16(2)14-24/h2*3-7,12,15-16,18H,8-11,13-14H2,1-2H3,(H,22,23,26)/t15-,16+,18+;15-,16-,18-/m01/s1. The van der Waals surface area contributed by atoms with E-state index in [1.807, 2.05) is 12.1 Å².